The number of hydrogen-bond donors (Lipinski definition) is 2. The molecule has 0 saturated carbocycles. The number of aliphatic hydroxyl groups is 1. The van der Waals surface area contributed by atoms with Crippen LogP contribution in [0.25, 0.3) is 0 Å². The molecule has 2 aliphatic heterocycles. The second-order valence-corrected chi connectivity index (χ2v) is 4.91. The zero-order valence-electron chi connectivity index (χ0n) is 8.98. The van der Waals surface area contributed by atoms with E-state index in [2.05, 4.69) is 11.9 Å². The fourth-order valence-electron chi connectivity index (χ4n) is 2.84. The molecule has 0 spiro atoms. The number of halogens is 3. The molecule has 2 bridgehead atoms. The van der Waals surface area contributed by atoms with Gasteiger partial charge in [-0.15, -0.1) is 0 Å². The predicted molar refractivity (Wildman–Crippen MR) is 53.9 cm³/mol. The molecule has 0 radical (unpaired) electrons. The van der Waals surface area contributed by atoms with Crippen LogP contribution in [0.2, 0.25) is 0 Å². The third-order valence-corrected chi connectivity index (χ3v) is 3.65. The highest BCUT2D eigenvalue weighted by atomic mass is 19.4. The highest BCUT2D eigenvalue weighted by Crippen LogP contribution is 2.42. The molecular formula is C11H16F3NO. The minimum absolute atomic E-state index is 0.00315. The van der Waals surface area contributed by atoms with E-state index in [4.69, 9.17) is 0 Å². The summed E-state index contributed by atoms with van der Waals surface area (Å²) >= 11 is 0. The van der Waals surface area contributed by atoms with Crippen LogP contribution in [0.5, 0.6) is 0 Å². The maximum absolute atomic E-state index is 12.6. The van der Waals surface area contributed by atoms with Crippen molar-refractivity contribution in [3.63, 3.8) is 0 Å². The molecule has 2 saturated heterocycles. The minimum Gasteiger partial charge on any atom is -0.385 e. The number of hydrogen-bond acceptors (Lipinski definition) is 2. The predicted octanol–water partition coefficient (Wildman–Crippen LogP) is 2.14. The lowest BCUT2D eigenvalue weighted by Crippen LogP contribution is -2.57. The Hall–Kier alpha value is -0.550. The van der Waals surface area contributed by atoms with Crippen LogP contribution in [-0.4, -0.2) is 29.0 Å². The fourth-order valence-corrected chi connectivity index (χ4v) is 2.84. The molecule has 2 atom stereocenters. The second-order valence-electron chi connectivity index (χ2n) is 4.91. The zero-order valence-corrected chi connectivity index (χ0v) is 8.98. The second kappa shape index (κ2) is 3.74. The Morgan fingerprint density at radius 2 is 1.75 bits per heavy atom. The largest absolute Gasteiger partial charge is 0.414 e. The molecular weight excluding hydrogens is 219 g/mol. The Kier molecular flexibility index (Phi) is 2.78. The van der Waals surface area contributed by atoms with Crippen LogP contribution in [0, 0.1) is 0 Å². The van der Waals surface area contributed by atoms with Crippen molar-refractivity contribution >= 4 is 0 Å². The number of piperidine rings is 2. The fraction of sp³-hybridized carbons (Fsp3) is 0.818. The van der Waals surface area contributed by atoms with Crippen molar-refractivity contribution in [1.82, 2.24) is 5.32 Å². The molecule has 2 N–H and O–H groups in total. The average Bonchev–Trinajstić information content (AvgIpc) is 2.14. The smallest absolute Gasteiger partial charge is 0.385 e. The molecule has 5 heteroatoms. The van der Waals surface area contributed by atoms with Gasteiger partial charge in [0.1, 0.15) is 0 Å². The summed E-state index contributed by atoms with van der Waals surface area (Å²) in [7, 11) is 0. The van der Waals surface area contributed by atoms with Crippen LogP contribution >= 0.6 is 0 Å². The van der Waals surface area contributed by atoms with E-state index in [0.29, 0.717) is 0 Å². The molecule has 2 unspecified atom stereocenters. The van der Waals surface area contributed by atoms with Gasteiger partial charge in [0.2, 0.25) is 0 Å². The van der Waals surface area contributed by atoms with Crippen LogP contribution < -0.4 is 5.32 Å². The Labute approximate surface area is 92.5 Å². The monoisotopic (exact) mass is 235 g/mol. The summed E-state index contributed by atoms with van der Waals surface area (Å²) in [4.78, 5) is 0. The molecule has 2 nitrogen and oxygen atoms in total. The van der Waals surface area contributed by atoms with Gasteiger partial charge in [0.05, 0.1) is 11.2 Å². The number of alkyl halides is 3. The van der Waals surface area contributed by atoms with E-state index in [0.717, 1.165) is 19.3 Å². The molecule has 2 aliphatic rings. The molecule has 2 heterocycles. The van der Waals surface area contributed by atoms with E-state index < -0.39 is 17.4 Å². The summed E-state index contributed by atoms with van der Waals surface area (Å²) in [6, 6.07) is -0.00630. The van der Waals surface area contributed by atoms with Crippen molar-refractivity contribution in [3.8, 4) is 0 Å². The lowest BCUT2D eigenvalue weighted by atomic mass is 9.74. The van der Waals surface area contributed by atoms with Crippen molar-refractivity contribution in [3.05, 3.63) is 12.2 Å². The van der Waals surface area contributed by atoms with Gasteiger partial charge in [-0.1, -0.05) is 13.0 Å². The highest BCUT2D eigenvalue weighted by Gasteiger charge is 2.50. The van der Waals surface area contributed by atoms with Crippen LogP contribution in [0.15, 0.2) is 12.2 Å². The summed E-state index contributed by atoms with van der Waals surface area (Å²) in [5.74, 6) is 0. The van der Waals surface area contributed by atoms with Crippen LogP contribution in [0.4, 0.5) is 13.2 Å². The van der Waals surface area contributed by atoms with Gasteiger partial charge in [-0.3, -0.25) is 0 Å². The van der Waals surface area contributed by atoms with Crippen LogP contribution in [0.1, 0.15) is 32.1 Å². The first-order valence-electron chi connectivity index (χ1n) is 5.56. The molecule has 0 aromatic rings. The maximum atomic E-state index is 12.6. The van der Waals surface area contributed by atoms with Gasteiger partial charge >= 0.3 is 6.18 Å². The highest BCUT2D eigenvalue weighted by molar-refractivity contribution is 5.21. The Morgan fingerprint density at radius 3 is 2.19 bits per heavy atom. The van der Waals surface area contributed by atoms with E-state index in [1.54, 1.807) is 0 Å². The summed E-state index contributed by atoms with van der Waals surface area (Å²) in [6.45, 7) is 3.05. The van der Waals surface area contributed by atoms with Gasteiger partial charge < -0.3 is 10.4 Å². The maximum Gasteiger partial charge on any atom is 0.414 e. The van der Waals surface area contributed by atoms with E-state index in [1.807, 2.05) is 0 Å². The topological polar surface area (TPSA) is 32.3 Å². The van der Waals surface area contributed by atoms with Crippen molar-refractivity contribution in [2.45, 2.75) is 56.0 Å². The standard InChI is InChI=1S/C11H16F3NO/c1-7(11(12,13)14)10(16)5-8-3-2-4-9(6-10)15-8/h8-9,15-16H,1-6H2. The van der Waals surface area contributed by atoms with E-state index in [-0.39, 0.29) is 24.9 Å². The van der Waals surface area contributed by atoms with Crippen molar-refractivity contribution < 1.29 is 18.3 Å². The van der Waals surface area contributed by atoms with E-state index in [1.165, 1.54) is 0 Å². The summed E-state index contributed by atoms with van der Waals surface area (Å²) in [5.41, 5.74) is -2.75. The molecule has 92 valence electrons. The number of rotatable bonds is 1. The quantitative estimate of drug-likeness (QED) is 0.682. The summed E-state index contributed by atoms with van der Waals surface area (Å²) in [5, 5.41) is 13.4. The molecule has 16 heavy (non-hydrogen) atoms. The van der Waals surface area contributed by atoms with E-state index >= 15 is 0 Å². The van der Waals surface area contributed by atoms with Gasteiger partial charge in [-0.2, -0.15) is 13.2 Å². The molecule has 0 amide bonds. The molecule has 2 fully saturated rings. The first-order chi connectivity index (χ1) is 7.31. The normalized spacial score (nSPS) is 39.5. The molecule has 0 aliphatic carbocycles. The lowest BCUT2D eigenvalue weighted by molar-refractivity contribution is -0.130. The van der Waals surface area contributed by atoms with Crippen molar-refractivity contribution in [2.24, 2.45) is 0 Å². The zero-order chi connectivity index (χ0) is 12.0. The van der Waals surface area contributed by atoms with Crippen LogP contribution in [-0.2, 0) is 0 Å². The Bertz CT molecular complexity index is 288. The molecule has 0 aromatic heterocycles. The van der Waals surface area contributed by atoms with Gasteiger partial charge in [0, 0.05) is 12.1 Å². The summed E-state index contributed by atoms with van der Waals surface area (Å²) in [6.07, 6.45) is -1.55. The van der Waals surface area contributed by atoms with Crippen molar-refractivity contribution in [1.29, 1.82) is 0 Å². The van der Waals surface area contributed by atoms with Gasteiger partial charge in [0.15, 0.2) is 0 Å². The van der Waals surface area contributed by atoms with Gasteiger partial charge in [-0.05, 0) is 25.7 Å². The molecule has 0 aromatic carbocycles. The molecule has 2 rings (SSSR count). The average molecular weight is 235 g/mol. The van der Waals surface area contributed by atoms with E-state index in [9.17, 15) is 18.3 Å². The lowest BCUT2D eigenvalue weighted by Gasteiger charge is -2.46. The number of fused-ring (bicyclic) bond motifs is 2. The first-order valence-corrected chi connectivity index (χ1v) is 5.56. The van der Waals surface area contributed by atoms with Crippen LogP contribution in [0.3, 0.4) is 0 Å². The SMILES string of the molecule is C=C(C(F)(F)F)C1(O)CC2CCCC(C1)N2. The summed E-state index contributed by atoms with van der Waals surface area (Å²) < 4.78 is 37.7. The van der Waals surface area contributed by atoms with Gasteiger partial charge in [-0.25, -0.2) is 0 Å². The van der Waals surface area contributed by atoms with Crippen molar-refractivity contribution in [2.75, 3.05) is 0 Å². The Balaban J connectivity index is 2.16. The number of nitrogens with one attached hydrogen (secondary N) is 1. The third-order valence-electron chi connectivity index (χ3n) is 3.65. The minimum atomic E-state index is -4.50. The first kappa shape index (κ1) is 11.9. The Morgan fingerprint density at radius 1 is 1.25 bits per heavy atom. The van der Waals surface area contributed by atoms with Gasteiger partial charge in [0.25, 0.3) is 0 Å². The third kappa shape index (κ3) is 2.11.